The van der Waals surface area contributed by atoms with Crippen LogP contribution in [0.1, 0.15) is 140 Å². The zero-order valence-electron chi connectivity index (χ0n) is 31.0. The topological polar surface area (TPSA) is 57.7 Å². The fraction of sp³-hybridized carbons (Fsp3) is 0.581. The molecule has 0 fully saturated rings. The molecule has 0 aliphatic rings. The molecule has 0 spiro atoms. The molecule has 0 aliphatic heterocycles. The van der Waals surface area contributed by atoms with E-state index in [0.29, 0.717) is 24.8 Å². The lowest BCUT2D eigenvalue weighted by atomic mass is 10.0. The summed E-state index contributed by atoms with van der Waals surface area (Å²) in [6.07, 6.45) is 17.3. The van der Waals surface area contributed by atoms with Gasteiger partial charge in [-0.15, -0.1) is 0 Å². The van der Waals surface area contributed by atoms with Crippen molar-refractivity contribution in [1.29, 1.82) is 0 Å². The molecule has 3 aromatic rings. The number of hydrogen-bond acceptors (Lipinski definition) is 5. The van der Waals surface area contributed by atoms with Gasteiger partial charge in [0, 0.05) is 23.9 Å². The molecule has 2 aromatic carbocycles. The van der Waals surface area contributed by atoms with Crippen LogP contribution >= 0.6 is 0 Å². The fourth-order valence-electron chi connectivity index (χ4n) is 5.90. The van der Waals surface area contributed by atoms with E-state index in [1.807, 2.05) is 42.6 Å². The first-order valence-electron chi connectivity index (χ1n) is 19.4. The third kappa shape index (κ3) is 17.6. The molecule has 5 nitrogen and oxygen atoms in total. The number of pyridine rings is 1. The molecule has 0 aliphatic carbocycles. The Morgan fingerprint density at radius 1 is 0.608 bits per heavy atom. The molecule has 0 saturated carbocycles. The van der Waals surface area contributed by atoms with Crippen LogP contribution in [0.4, 0.5) is 13.2 Å². The normalized spacial score (nSPS) is 12.2. The summed E-state index contributed by atoms with van der Waals surface area (Å²) in [7, 11) is 0. The zero-order valence-corrected chi connectivity index (χ0v) is 31.0. The maximum atomic E-state index is 12.5. The number of alkyl halides is 3. The van der Waals surface area contributed by atoms with Crippen LogP contribution in [0.25, 0.3) is 22.4 Å². The molecule has 1 atom stereocenters. The van der Waals surface area contributed by atoms with Gasteiger partial charge in [0.1, 0.15) is 5.75 Å². The predicted molar refractivity (Wildman–Crippen MR) is 201 cm³/mol. The van der Waals surface area contributed by atoms with Crippen molar-refractivity contribution in [3.8, 4) is 28.1 Å². The zero-order chi connectivity index (χ0) is 36.6. The summed E-state index contributed by atoms with van der Waals surface area (Å²) < 4.78 is 53.5. The van der Waals surface area contributed by atoms with E-state index in [-0.39, 0.29) is 13.2 Å². The Morgan fingerprint density at radius 3 is 1.63 bits per heavy atom. The minimum atomic E-state index is -4.33. The van der Waals surface area contributed by atoms with Gasteiger partial charge in [-0.05, 0) is 68.5 Å². The van der Waals surface area contributed by atoms with Gasteiger partial charge in [0.15, 0.2) is 6.10 Å². The fourth-order valence-corrected chi connectivity index (χ4v) is 5.90. The summed E-state index contributed by atoms with van der Waals surface area (Å²) in [6.45, 7) is 4.36. The summed E-state index contributed by atoms with van der Waals surface area (Å²) in [6, 6.07) is 19.3. The van der Waals surface area contributed by atoms with Crippen LogP contribution < -0.4 is 4.74 Å². The lowest BCUT2D eigenvalue weighted by molar-refractivity contribution is -0.214. The van der Waals surface area contributed by atoms with Gasteiger partial charge >= 0.3 is 12.1 Å². The van der Waals surface area contributed by atoms with E-state index in [9.17, 15) is 18.0 Å². The Bertz CT molecular complexity index is 1330. The number of esters is 1. The van der Waals surface area contributed by atoms with E-state index in [0.717, 1.165) is 54.5 Å². The van der Waals surface area contributed by atoms with E-state index in [4.69, 9.17) is 14.2 Å². The Balaban J connectivity index is 1.25. The summed E-state index contributed by atoms with van der Waals surface area (Å²) in [4.78, 5) is 17.1. The van der Waals surface area contributed by atoms with E-state index >= 15 is 0 Å². The average Bonchev–Trinajstić information content (AvgIpc) is 3.14. The second-order valence-electron chi connectivity index (χ2n) is 13.6. The number of halogens is 3. The number of carbonyl (C=O) groups is 1. The Kier molecular flexibility index (Phi) is 20.4. The standard InChI is InChI=1S/C43H60F3NO4/c1-3-4-5-6-7-8-9-10-11-12-13-14-15-19-32-50-40-28-25-36(26-29-40)39-27-30-41(47-34-39)37-21-23-38(24-22-37)42(48)51-33-20-17-16-18-31-49-35(2)43(44,45)46/h21-30,34-35H,3-20,31-33H2,1-2H3. The molecular formula is C43H60F3NO4. The summed E-state index contributed by atoms with van der Waals surface area (Å²) in [5.74, 6) is 0.485. The van der Waals surface area contributed by atoms with Crippen LogP contribution in [0.3, 0.4) is 0 Å². The Labute approximate surface area is 304 Å². The van der Waals surface area contributed by atoms with Crippen molar-refractivity contribution in [2.24, 2.45) is 0 Å². The van der Waals surface area contributed by atoms with Crippen molar-refractivity contribution in [1.82, 2.24) is 4.98 Å². The molecular weight excluding hydrogens is 651 g/mol. The van der Waals surface area contributed by atoms with Crippen molar-refractivity contribution in [3.63, 3.8) is 0 Å². The Hall–Kier alpha value is -3.39. The highest BCUT2D eigenvalue weighted by atomic mass is 19.4. The van der Waals surface area contributed by atoms with Crippen molar-refractivity contribution in [2.45, 2.75) is 142 Å². The van der Waals surface area contributed by atoms with Crippen LogP contribution in [0, 0.1) is 0 Å². The number of aromatic nitrogens is 1. The van der Waals surface area contributed by atoms with Gasteiger partial charge in [0.2, 0.25) is 0 Å². The summed E-state index contributed by atoms with van der Waals surface area (Å²) in [5.41, 5.74) is 4.24. The lowest BCUT2D eigenvalue weighted by Gasteiger charge is -2.16. The molecule has 1 heterocycles. The average molecular weight is 712 g/mol. The van der Waals surface area contributed by atoms with Gasteiger partial charge in [-0.3, -0.25) is 4.98 Å². The number of benzene rings is 2. The van der Waals surface area contributed by atoms with Gasteiger partial charge in [0.05, 0.1) is 24.5 Å². The van der Waals surface area contributed by atoms with Gasteiger partial charge in [-0.2, -0.15) is 13.2 Å². The largest absolute Gasteiger partial charge is 0.494 e. The molecule has 0 amide bonds. The summed E-state index contributed by atoms with van der Waals surface area (Å²) in [5, 5.41) is 0. The number of carbonyl (C=O) groups excluding carboxylic acids is 1. The second-order valence-corrected chi connectivity index (χ2v) is 13.6. The molecule has 8 heteroatoms. The van der Waals surface area contributed by atoms with E-state index in [1.165, 1.54) is 83.5 Å². The first-order chi connectivity index (χ1) is 24.8. The number of hydrogen-bond donors (Lipinski definition) is 0. The number of nitrogens with zero attached hydrogens (tertiary/aromatic N) is 1. The number of unbranched alkanes of at least 4 members (excludes halogenated alkanes) is 16. The first-order valence-corrected chi connectivity index (χ1v) is 19.4. The third-order valence-corrected chi connectivity index (χ3v) is 9.23. The van der Waals surface area contributed by atoms with Gasteiger partial charge in [-0.1, -0.05) is 127 Å². The van der Waals surface area contributed by atoms with Crippen LogP contribution in [0.2, 0.25) is 0 Å². The van der Waals surface area contributed by atoms with Crippen LogP contribution in [0.5, 0.6) is 5.75 Å². The van der Waals surface area contributed by atoms with Crippen LogP contribution in [0.15, 0.2) is 66.9 Å². The molecule has 0 N–H and O–H groups in total. The molecule has 282 valence electrons. The SMILES string of the molecule is CCCCCCCCCCCCCCCCOc1ccc(-c2ccc(-c3ccc(C(=O)OCCCCCCOC(C)C(F)(F)F)cc3)nc2)cc1. The monoisotopic (exact) mass is 711 g/mol. The first kappa shape index (κ1) is 42.0. The lowest BCUT2D eigenvalue weighted by Crippen LogP contribution is -2.28. The van der Waals surface area contributed by atoms with Crippen molar-refractivity contribution >= 4 is 5.97 Å². The van der Waals surface area contributed by atoms with Gasteiger partial charge < -0.3 is 14.2 Å². The Morgan fingerprint density at radius 2 is 1.10 bits per heavy atom. The van der Waals surface area contributed by atoms with Gasteiger partial charge in [0.25, 0.3) is 0 Å². The van der Waals surface area contributed by atoms with Crippen molar-refractivity contribution < 1.29 is 32.2 Å². The number of rotatable bonds is 27. The maximum Gasteiger partial charge on any atom is 0.414 e. The third-order valence-electron chi connectivity index (χ3n) is 9.23. The quantitative estimate of drug-likeness (QED) is 0.0582. The molecule has 0 radical (unpaired) electrons. The van der Waals surface area contributed by atoms with Crippen LogP contribution in [-0.4, -0.2) is 43.1 Å². The molecule has 0 saturated heterocycles. The summed E-state index contributed by atoms with van der Waals surface area (Å²) >= 11 is 0. The van der Waals surface area contributed by atoms with Gasteiger partial charge in [-0.25, -0.2) is 4.79 Å². The molecule has 0 bridgehead atoms. The highest BCUT2D eigenvalue weighted by molar-refractivity contribution is 5.90. The van der Waals surface area contributed by atoms with E-state index in [2.05, 4.69) is 24.0 Å². The van der Waals surface area contributed by atoms with Crippen molar-refractivity contribution in [2.75, 3.05) is 19.8 Å². The predicted octanol–water partition coefficient (Wildman–Crippen LogP) is 13.0. The minimum absolute atomic E-state index is 0.0621. The molecule has 1 aromatic heterocycles. The van der Waals surface area contributed by atoms with Crippen LogP contribution in [-0.2, 0) is 9.47 Å². The molecule has 51 heavy (non-hydrogen) atoms. The van der Waals surface area contributed by atoms with E-state index in [1.54, 1.807) is 12.1 Å². The highest BCUT2D eigenvalue weighted by Crippen LogP contribution is 2.26. The smallest absolute Gasteiger partial charge is 0.414 e. The highest BCUT2D eigenvalue weighted by Gasteiger charge is 2.36. The maximum absolute atomic E-state index is 12.5. The molecule has 3 rings (SSSR count). The minimum Gasteiger partial charge on any atom is -0.494 e. The van der Waals surface area contributed by atoms with E-state index < -0.39 is 18.2 Å². The number of ether oxygens (including phenoxy) is 3. The van der Waals surface area contributed by atoms with Crippen molar-refractivity contribution in [3.05, 3.63) is 72.4 Å². The second kappa shape index (κ2) is 24.7. The molecule has 1 unspecified atom stereocenters.